The van der Waals surface area contributed by atoms with Gasteiger partial charge >= 0.3 is 0 Å². The molecule has 1 fully saturated rings. The average molecular weight is 276 g/mol. The number of carbonyl (C=O) groups is 2. The number of phenolic OH excluding ortho intramolecular Hbond substituents is 1. The Hall–Kier alpha value is -2.04. The van der Waals surface area contributed by atoms with Crippen LogP contribution in [0, 0.1) is 5.92 Å². The fraction of sp³-hybridized carbons (Fsp3) is 0.467. The molecule has 1 aromatic rings. The molecule has 2 amide bonds. The van der Waals surface area contributed by atoms with Gasteiger partial charge in [0.05, 0.1) is 5.56 Å². The second-order valence-corrected chi connectivity index (χ2v) is 5.23. The van der Waals surface area contributed by atoms with E-state index in [4.69, 9.17) is 0 Å². The van der Waals surface area contributed by atoms with Crippen molar-refractivity contribution in [3.05, 3.63) is 29.8 Å². The van der Waals surface area contributed by atoms with E-state index >= 15 is 0 Å². The minimum atomic E-state index is -0.514. The number of rotatable bonds is 3. The summed E-state index contributed by atoms with van der Waals surface area (Å²) < 4.78 is 0. The number of hydrazine groups is 1. The second kappa shape index (κ2) is 6.93. The number of aromatic hydroxyl groups is 1. The number of hydrogen-bond donors (Lipinski definition) is 3. The molecule has 20 heavy (non-hydrogen) atoms. The monoisotopic (exact) mass is 276 g/mol. The van der Waals surface area contributed by atoms with E-state index in [9.17, 15) is 14.7 Å². The van der Waals surface area contributed by atoms with Gasteiger partial charge in [0.1, 0.15) is 5.75 Å². The lowest BCUT2D eigenvalue weighted by molar-refractivity contribution is -0.123. The second-order valence-electron chi connectivity index (χ2n) is 5.23. The Bertz CT molecular complexity index is 482. The number of amides is 2. The highest BCUT2D eigenvalue weighted by Crippen LogP contribution is 2.25. The highest BCUT2D eigenvalue weighted by atomic mass is 16.3. The van der Waals surface area contributed by atoms with Crippen LogP contribution in [0.1, 0.15) is 48.9 Å². The molecule has 1 aliphatic carbocycles. The molecular weight excluding hydrogens is 256 g/mol. The predicted octanol–water partition coefficient (Wildman–Crippen LogP) is 2.12. The summed E-state index contributed by atoms with van der Waals surface area (Å²) >= 11 is 0. The van der Waals surface area contributed by atoms with Gasteiger partial charge < -0.3 is 5.11 Å². The molecule has 0 saturated heterocycles. The standard InChI is InChI=1S/C15H20N2O3/c18-13-9-5-4-8-12(13)15(20)17-16-14(19)10-11-6-2-1-3-7-11/h4-5,8-9,11,18H,1-3,6-7,10H2,(H,16,19)(H,17,20). The summed E-state index contributed by atoms with van der Waals surface area (Å²) in [5.74, 6) is -0.377. The lowest BCUT2D eigenvalue weighted by Crippen LogP contribution is -2.42. The zero-order valence-electron chi connectivity index (χ0n) is 11.4. The molecule has 0 spiro atoms. The summed E-state index contributed by atoms with van der Waals surface area (Å²) in [7, 11) is 0. The van der Waals surface area contributed by atoms with Gasteiger partial charge in [-0.3, -0.25) is 20.4 Å². The number of carbonyl (C=O) groups excluding carboxylic acids is 2. The first kappa shape index (κ1) is 14.4. The maximum Gasteiger partial charge on any atom is 0.273 e. The Balaban J connectivity index is 1.78. The van der Waals surface area contributed by atoms with Gasteiger partial charge in [-0.15, -0.1) is 0 Å². The minimum Gasteiger partial charge on any atom is -0.507 e. The highest BCUT2D eigenvalue weighted by Gasteiger charge is 2.17. The molecule has 1 aromatic carbocycles. The van der Waals surface area contributed by atoms with Crippen LogP contribution in [-0.2, 0) is 4.79 Å². The molecular formula is C15H20N2O3. The molecule has 1 aliphatic rings. The van der Waals surface area contributed by atoms with Crippen molar-refractivity contribution in [2.45, 2.75) is 38.5 Å². The number of para-hydroxylation sites is 1. The van der Waals surface area contributed by atoms with Crippen molar-refractivity contribution >= 4 is 11.8 Å². The van der Waals surface area contributed by atoms with Crippen LogP contribution in [0.25, 0.3) is 0 Å². The van der Waals surface area contributed by atoms with Crippen LogP contribution in [0.2, 0.25) is 0 Å². The van der Waals surface area contributed by atoms with E-state index in [0.29, 0.717) is 12.3 Å². The largest absolute Gasteiger partial charge is 0.507 e. The van der Waals surface area contributed by atoms with Crippen molar-refractivity contribution < 1.29 is 14.7 Å². The van der Waals surface area contributed by atoms with Gasteiger partial charge in [0.15, 0.2) is 0 Å². The third-order valence-corrected chi connectivity index (χ3v) is 3.66. The molecule has 0 unspecified atom stereocenters. The van der Waals surface area contributed by atoms with Gasteiger partial charge in [-0.1, -0.05) is 31.4 Å². The molecule has 0 aliphatic heterocycles. The number of benzene rings is 1. The van der Waals surface area contributed by atoms with Crippen LogP contribution in [0.4, 0.5) is 0 Å². The third-order valence-electron chi connectivity index (χ3n) is 3.66. The first-order chi connectivity index (χ1) is 9.66. The lowest BCUT2D eigenvalue weighted by atomic mass is 9.87. The Morgan fingerprint density at radius 3 is 2.50 bits per heavy atom. The number of nitrogens with one attached hydrogen (secondary N) is 2. The van der Waals surface area contributed by atoms with Gasteiger partial charge in [0, 0.05) is 6.42 Å². The summed E-state index contributed by atoms with van der Waals surface area (Å²) in [4.78, 5) is 23.5. The third kappa shape index (κ3) is 3.98. The van der Waals surface area contributed by atoms with Gasteiger partial charge in [0.2, 0.25) is 5.91 Å². The van der Waals surface area contributed by atoms with Gasteiger partial charge in [-0.25, -0.2) is 0 Å². The molecule has 0 atom stereocenters. The fourth-order valence-electron chi connectivity index (χ4n) is 2.56. The molecule has 108 valence electrons. The van der Waals surface area contributed by atoms with Crippen molar-refractivity contribution in [1.29, 1.82) is 0 Å². The molecule has 0 heterocycles. The Kier molecular flexibility index (Phi) is 4.98. The fourth-order valence-corrected chi connectivity index (χ4v) is 2.56. The summed E-state index contributed by atoms with van der Waals surface area (Å²) in [5.41, 5.74) is 4.88. The molecule has 5 heteroatoms. The minimum absolute atomic E-state index is 0.105. The topological polar surface area (TPSA) is 78.4 Å². The molecule has 0 bridgehead atoms. The van der Waals surface area contributed by atoms with E-state index in [2.05, 4.69) is 10.9 Å². The van der Waals surface area contributed by atoms with Crippen molar-refractivity contribution in [2.75, 3.05) is 0 Å². The number of hydrogen-bond acceptors (Lipinski definition) is 3. The summed E-state index contributed by atoms with van der Waals surface area (Å²) in [5, 5.41) is 9.53. The van der Waals surface area contributed by atoms with Crippen LogP contribution >= 0.6 is 0 Å². The van der Waals surface area contributed by atoms with E-state index in [0.717, 1.165) is 12.8 Å². The van der Waals surface area contributed by atoms with Gasteiger partial charge in [-0.2, -0.15) is 0 Å². The quantitative estimate of drug-likeness (QED) is 0.740. The summed E-state index contributed by atoms with van der Waals surface area (Å²) in [6.45, 7) is 0. The normalized spacial score (nSPS) is 15.6. The maximum atomic E-state index is 11.8. The van der Waals surface area contributed by atoms with Crippen LogP contribution in [0.15, 0.2) is 24.3 Å². The molecule has 5 nitrogen and oxygen atoms in total. The summed E-state index contributed by atoms with van der Waals surface area (Å²) in [6, 6.07) is 6.21. The molecule has 0 aromatic heterocycles. The zero-order valence-corrected chi connectivity index (χ0v) is 11.4. The highest BCUT2D eigenvalue weighted by molar-refractivity contribution is 5.97. The molecule has 3 N–H and O–H groups in total. The summed E-state index contributed by atoms with van der Waals surface area (Å²) in [6.07, 6.45) is 6.23. The maximum absolute atomic E-state index is 11.8. The van der Waals surface area contributed by atoms with Crippen molar-refractivity contribution in [3.63, 3.8) is 0 Å². The first-order valence-corrected chi connectivity index (χ1v) is 7.04. The van der Waals surface area contributed by atoms with Crippen LogP contribution in [0.3, 0.4) is 0 Å². The van der Waals surface area contributed by atoms with E-state index in [1.807, 2.05) is 0 Å². The van der Waals surface area contributed by atoms with E-state index < -0.39 is 5.91 Å². The van der Waals surface area contributed by atoms with Crippen molar-refractivity contribution in [1.82, 2.24) is 10.9 Å². The van der Waals surface area contributed by atoms with Crippen molar-refractivity contribution in [2.24, 2.45) is 5.92 Å². The van der Waals surface area contributed by atoms with E-state index in [-0.39, 0.29) is 17.2 Å². The van der Waals surface area contributed by atoms with Gasteiger partial charge in [0.25, 0.3) is 5.91 Å². The Morgan fingerprint density at radius 1 is 1.10 bits per heavy atom. The van der Waals surface area contributed by atoms with E-state index in [1.54, 1.807) is 12.1 Å². The predicted molar refractivity (Wildman–Crippen MR) is 74.9 cm³/mol. The van der Waals surface area contributed by atoms with Crippen molar-refractivity contribution in [3.8, 4) is 5.75 Å². The van der Waals surface area contributed by atoms with Gasteiger partial charge in [-0.05, 0) is 30.9 Å². The molecule has 1 saturated carbocycles. The molecule has 2 rings (SSSR count). The van der Waals surface area contributed by atoms with Crippen LogP contribution in [0.5, 0.6) is 5.75 Å². The van der Waals surface area contributed by atoms with Crippen LogP contribution in [-0.4, -0.2) is 16.9 Å². The zero-order chi connectivity index (χ0) is 14.4. The number of phenols is 1. The smallest absolute Gasteiger partial charge is 0.273 e. The van der Waals surface area contributed by atoms with E-state index in [1.165, 1.54) is 31.4 Å². The average Bonchev–Trinajstić information content (AvgIpc) is 2.46. The SMILES string of the molecule is O=C(CC1CCCCC1)NNC(=O)c1ccccc1O. The molecule has 0 radical (unpaired) electrons. The first-order valence-electron chi connectivity index (χ1n) is 7.04. The lowest BCUT2D eigenvalue weighted by Gasteiger charge is -2.20. The Labute approximate surface area is 118 Å². The Morgan fingerprint density at radius 2 is 1.80 bits per heavy atom. The van der Waals surface area contributed by atoms with Crippen LogP contribution < -0.4 is 10.9 Å².